The highest BCUT2D eigenvalue weighted by atomic mass is 19.4. The van der Waals surface area contributed by atoms with Gasteiger partial charge in [-0.25, -0.2) is 0 Å². The van der Waals surface area contributed by atoms with Crippen molar-refractivity contribution >= 4 is 34.8 Å². The van der Waals surface area contributed by atoms with Crippen LogP contribution in [-0.2, 0) is 14.4 Å². The van der Waals surface area contributed by atoms with Crippen LogP contribution in [0.5, 0.6) is 0 Å². The molecular weight excluding hydrogens is 449 g/mol. The summed E-state index contributed by atoms with van der Waals surface area (Å²) in [4.78, 5) is 39.7. The van der Waals surface area contributed by atoms with Crippen LogP contribution >= 0.6 is 0 Å². The standard InChI is InChI=1S/C24H27F3N4O3/c1-14-9-15(2)23(16(3)10-14)29-21(33)12-30(4)13-22(34)31-18-8-6-5-7-17(18)28-20(32)11-19(31)24(25,26)27/h5-10,19H,11-13H2,1-4H3,(H,28,32)(H,29,33)/t19-/m0/s1. The highest BCUT2D eigenvalue weighted by Gasteiger charge is 2.49. The lowest BCUT2D eigenvalue weighted by Crippen LogP contribution is -2.52. The minimum atomic E-state index is -4.82. The average Bonchev–Trinajstić information content (AvgIpc) is 2.86. The third-order valence-corrected chi connectivity index (χ3v) is 5.53. The Balaban J connectivity index is 1.77. The molecule has 10 heteroatoms. The van der Waals surface area contributed by atoms with E-state index >= 15 is 0 Å². The van der Waals surface area contributed by atoms with Gasteiger partial charge in [0.25, 0.3) is 0 Å². The molecule has 3 rings (SSSR count). The monoisotopic (exact) mass is 476 g/mol. The van der Waals surface area contributed by atoms with Crippen LogP contribution in [0.2, 0.25) is 0 Å². The summed E-state index contributed by atoms with van der Waals surface area (Å²) in [6.45, 7) is 5.03. The summed E-state index contributed by atoms with van der Waals surface area (Å²) >= 11 is 0. The van der Waals surface area contributed by atoms with E-state index < -0.39 is 42.9 Å². The van der Waals surface area contributed by atoms with E-state index in [1.165, 1.54) is 30.1 Å². The number of alkyl halides is 3. The van der Waals surface area contributed by atoms with Crippen LogP contribution in [-0.4, -0.2) is 55.0 Å². The number of rotatable bonds is 5. The van der Waals surface area contributed by atoms with Gasteiger partial charge in [-0.15, -0.1) is 0 Å². The van der Waals surface area contributed by atoms with Gasteiger partial charge in [-0.1, -0.05) is 29.8 Å². The number of hydrogen-bond acceptors (Lipinski definition) is 4. The molecule has 0 spiro atoms. The Morgan fingerprint density at radius 2 is 1.74 bits per heavy atom. The zero-order valence-electron chi connectivity index (χ0n) is 19.4. The molecule has 2 N–H and O–H groups in total. The van der Waals surface area contributed by atoms with Crippen molar-refractivity contribution in [2.75, 3.05) is 35.7 Å². The van der Waals surface area contributed by atoms with E-state index in [1.54, 1.807) is 6.07 Å². The molecule has 1 aliphatic rings. The van der Waals surface area contributed by atoms with Crippen molar-refractivity contribution in [3.05, 3.63) is 53.1 Å². The molecule has 0 unspecified atom stereocenters. The third-order valence-electron chi connectivity index (χ3n) is 5.53. The Bertz CT molecular complexity index is 1090. The number of anilines is 3. The summed E-state index contributed by atoms with van der Waals surface area (Å²) in [5, 5.41) is 5.24. The number of carbonyl (C=O) groups excluding carboxylic acids is 3. The second-order valence-electron chi connectivity index (χ2n) is 8.58. The average molecular weight is 476 g/mol. The van der Waals surface area contributed by atoms with E-state index in [1.807, 2.05) is 32.9 Å². The van der Waals surface area contributed by atoms with Crippen molar-refractivity contribution in [1.82, 2.24) is 4.90 Å². The second-order valence-corrected chi connectivity index (χ2v) is 8.58. The van der Waals surface area contributed by atoms with Crippen LogP contribution in [0.15, 0.2) is 36.4 Å². The molecule has 7 nitrogen and oxygen atoms in total. The number of amides is 3. The summed E-state index contributed by atoms with van der Waals surface area (Å²) in [6, 6.07) is 7.39. The molecule has 0 aliphatic carbocycles. The first-order chi connectivity index (χ1) is 15.9. The summed E-state index contributed by atoms with van der Waals surface area (Å²) < 4.78 is 41.5. The number of likely N-dealkylation sites (N-methyl/N-ethyl adjacent to an activating group) is 1. The van der Waals surface area contributed by atoms with Gasteiger partial charge < -0.3 is 10.6 Å². The van der Waals surface area contributed by atoms with Crippen LogP contribution in [0.3, 0.4) is 0 Å². The third kappa shape index (κ3) is 5.74. The van der Waals surface area contributed by atoms with Crippen LogP contribution < -0.4 is 15.5 Å². The number of hydrogen-bond donors (Lipinski definition) is 2. The maximum Gasteiger partial charge on any atom is 0.409 e. The zero-order chi connectivity index (χ0) is 25.2. The number of carbonyl (C=O) groups is 3. The lowest BCUT2D eigenvalue weighted by atomic mass is 10.1. The van der Waals surface area contributed by atoms with Gasteiger partial charge in [0.2, 0.25) is 17.7 Å². The van der Waals surface area contributed by atoms with Crippen molar-refractivity contribution in [1.29, 1.82) is 0 Å². The molecular formula is C24H27F3N4O3. The van der Waals surface area contributed by atoms with E-state index in [-0.39, 0.29) is 17.9 Å². The maximum atomic E-state index is 13.8. The summed E-state index contributed by atoms with van der Waals surface area (Å²) in [5.74, 6) is -2.10. The van der Waals surface area contributed by atoms with E-state index in [0.29, 0.717) is 10.6 Å². The van der Waals surface area contributed by atoms with Crippen molar-refractivity contribution in [2.45, 2.75) is 39.4 Å². The van der Waals surface area contributed by atoms with E-state index in [4.69, 9.17) is 0 Å². The van der Waals surface area contributed by atoms with Gasteiger partial charge in [-0.05, 0) is 51.1 Å². The first-order valence-corrected chi connectivity index (χ1v) is 10.7. The number of aryl methyl sites for hydroxylation is 3. The molecule has 0 radical (unpaired) electrons. The Kier molecular flexibility index (Phi) is 7.30. The molecule has 3 amide bonds. The molecule has 0 saturated carbocycles. The van der Waals surface area contributed by atoms with Gasteiger partial charge in [-0.3, -0.25) is 24.2 Å². The van der Waals surface area contributed by atoms with Crippen LogP contribution in [0.4, 0.5) is 30.2 Å². The lowest BCUT2D eigenvalue weighted by Gasteiger charge is -2.32. The number of halogens is 3. The van der Waals surface area contributed by atoms with Crippen molar-refractivity contribution in [3.8, 4) is 0 Å². The van der Waals surface area contributed by atoms with Crippen molar-refractivity contribution in [3.63, 3.8) is 0 Å². The highest BCUT2D eigenvalue weighted by molar-refractivity contribution is 6.05. The number of nitrogens with zero attached hydrogens (tertiary/aromatic N) is 2. The van der Waals surface area contributed by atoms with Gasteiger partial charge in [0.05, 0.1) is 30.9 Å². The summed E-state index contributed by atoms with van der Waals surface area (Å²) in [7, 11) is 1.47. The fraction of sp³-hybridized carbons (Fsp3) is 0.375. The van der Waals surface area contributed by atoms with Gasteiger partial charge >= 0.3 is 6.18 Å². The van der Waals surface area contributed by atoms with Gasteiger partial charge in [0.15, 0.2) is 0 Å². The molecule has 182 valence electrons. The topological polar surface area (TPSA) is 81.8 Å². The molecule has 1 heterocycles. The maximum absolute atomic E-state index is 13.8. The Hall–Kier alpha value is -3.40. The quantitative estimate of drug-likeness (QED) is 0.688. The SMILES string of the molecule is Cc1cc(C)c(NC(=O)CN(C)CC(=O)N2c3ccccc3NC(=O)C[C@H]2C(F)(F)F)c(C)c1. The minimum Gasteiger partial charge on any atom is -0.324 e. The van der Waals surface area contributed by atoms with Crippen LogP contribution in [0.25, 0.3) is 0 Å². The van der Waals surface area contributed by atoms with E-state index in [0.717, 1.165) is 16.7 Å². The molecule has 34 heavy (non-hydrogen) atoms. The Labute approximate surface area is 195 Å². The van der Waals surface area contributed by atoms with Crippen LogP contribution in [0, 0.1) is 20.8 Å². The number of para-hydroxylation sites is 2. The molecule has 2 aromatic rings. The van der Waals surface area contributed by atoms with Gasteiger partial charge in [0, 0.05) is 5.69 Å². The minimum absolute atomic E-state index is 0.0376. The molecule has 1 aliphatic heterocycles. The number of nitrogens with one attached hydrogen (secondary N) is 2. The Morgan fingerprint density at radius 1 is 1.12 bits per heavy atom. The van der Waals surface area contributed by atoms with E-state index in [2.05, 4.69) is 10.6 Å². The van der Waals surface area contributed by atoms with Crippen molar-refractivity contribution < 1.29 is 27.6 Å². The molecule has 0 bridgehead atoms. The first-order valence-electron chi connectivity index (χ1n) is 10.7. The molecule has 0 saturated heterocycles. The fourth-order valence-electron chi connectivity index (χ4n) is 4.16. The van der Waals surface area contributed by atoms with Gasteiger partial charge in [0.1, 0.15) is 6.04 Å². The smallest absolute Gasteiger partial charge is 0.324 e. The molecule has 0 fully saturated rings. The first kappa shape index (κ1) is 25.2. The molecule has 2 aromatic carbocycles. The molecule has 0 aromatic heterocycles. The summed E-state index contributed by atoms with van der Waals surface area (Å²) in [5.41, 5.74) is 3.58. The number of fused-ring (bicyclic) bond motifs is 1. The van der Waals surface area contributed by atoms with Crippen molar-refractivity contribution in [2.24, 2.45) is 0 Å². The molecule has 1 atom stereocenters. The predicted molar refractivity (Wildman–Crippen MR) is 124 cm³/mol. The highest BCUT2D eigenvalue weighted by Crippen LogP contribution is 2.37. The number of benzene rings is 2. The lowest BCUT2D eigenvalue weighted by molar-refractivity contribution is -0.158. The Morgan fingerprint density at radius 3 is 2.35 bits per heavy atom. The predicted octanol–water partition coefficient (Wildman–Crippen LogP) is 3.79. The second kappa shape index (κ2) is 9.84. The van der Waals surface area contributed by atoms with Crippen LogP contribution in [0.1, 0.15) is 23.1 Å². The largest absolute Gasteiger partial charge is 0.409 e. The normalized spacial score (nSPS) is 16.1. The summed E-state index contributed by atoms with van der Waals surface area (Å²) in [6.07, 6.45) is -5.74. The van der Waals surface area contributed by atoms with E-state index in [9.17, 15) is 27.6 Å². The van der Waals surface area contributed by atoms with Gasteiger partial charge in [-0.2, -0.15) is 13.2 Å². The fourth-order valence-corrected chi connectivity index (χ4v) is 4.16. The zero-order valence-corrected chi connectivity index (χ0v) is 19.4.